The Labute approximate surface area is 216 Å². The monoisotopic (exact) mass is 640 g/mol. The van der Waals surface area contributed by atoms with E-state index in [9.17, 15) is 8.78 Å². The van der Waals surface area contributed by atoms with Gasteiger partial charge in [0.05, 0.1) is 0 Å². The number of pyridine rings is 2. The molecule has 0 fully saturated rings. The molecule has 0 spiro atoms. The van der Waals surface area contributed by atoms with Crippen LogP contribution >= 0.6 is 0 Å². The smallest absolute Gasteiger partial charge is 0.0408 e. The van der Waals surface area contributed by atoms with Gasteiger partial charge in [-0.2, -0.15) is 0 Å². The van der Waals surface area contributed by atoms with E-state index in [1.54, 1.807) is 24.4 Å². The molecule has 0 unspecified atom stereocenters. The minimum atomic E-state index is -0.649. The molecule has 3 aromatic carbocycles. The average Bonchev–Trinajstić information content (AvgIpc) is 2.92. The van der Waals surface area contributed by atoms with Crippen molar-refractivity contribution in [2.24, 2.45) is 0 Å². The Kier molecular flexibility index (Phi) is 11.3. The quantitative estimate of drug-likeness (QED) is 0.214. The van der Waals surface area contributed by atoms with Crippen LogP contribution in [0.25, 0.3) is 33.8 Å². The normalized spacial score (nSPS) is 9.43. The predicted octanol–water partition coefficient (Wildman–Crippen LogP) is 6.44. The van der Waals surface area contributed by atoms with Gasteiger partial charge >= 0.3 is 0 Å². The molecule has 0 saturated heterocycles. The molecule has 3 nitrogen and oxygen atoms in total. The largest absolute Gasteiger partial charge is 0.573 e. The summed E-state index contributed by atoms with van der Waals surface area (Å²) in [4.78, 5) is 16.1. The van der Waals surface area contributed by atoms with Crippen molar-refractivity contribution < 1.29 is 33.7 Å². The van der Waals surface area contributed by atoms with Gasteiger partial charge in [0.25, 0.3) is 0 Å². The van der Waals surface area contributed by atoms with Gasteiger partial charge < -0.3 is 21.6 Å². The van der Waals surface area contributed by atoms with Crippen LogP contribution in [0.15, 0.2) is 103 Å². The molecule has 0 aliphatic carbocycles. The number of benzene rings is 3. The van der Waals surface area contributed by atoms with E-state index in [0.717, 1.165) is 34.6 Å². The summed E-state index contributed by atoms with van der Waals surface area (Å²) in [5.41, 5.74) is 4.53. The van der Waals surface area contributed by atoms with Crippen LogP contribution in [0.3, 0.4) is 0 Å². The average molecular weight is 640 g/mol. The fraction of sp³-hybridized carbons (Fsp3) is 0. The molecule has 0 N–H and O–H groups in total. The number of hydrogen-bond donors (Lipinski definition) is 0. The van der Waals surface area contributed by atoms with Crippen molar-refractivity contribution >= 4 is 6.79 Å². The van der Waals surface area contributed by atoms with E-state index >= 15 is 0 Å². The molecule has 0 bridgehead atoms. The number of halogens is 2. The molecule has 0 amide bonds. The van der Waals surface area contributed by atoms with Crippen LogP contribution in [0.2, 0.25) is 0 Å². The van der Waals surface area contributed by atoms with Crippen molar-refractivity contribution in [1.82, 2.24) is 9.97 Å². The number of nitrogens with zero attached hydrogens (tertiary/aromatic N) is 2. The Hall–Kier alpha value is -3.86. The summed E-state index contributed by atoms with van der Waals surface area (Å²) in [6, 6.07) is 37.7. The second-order valence-corrected chi connectivity index (χ2v) is 6.72. The van der Waals surface area contributed by atoms with E-state index in [1.807, 2.05) is 66.7 Å². The number of hydrogen-bond acceptors (Lipinski definition) is 3. The van der Waals surface area contributed by atoms with Crippen molar-refractivity contribution in [2.75, 3.05) is 0 Å². The summed E-state index contributed by atoms with van der Waals surface area (Å²) < 4.78 is 25.8. The van der Waals surface area contributed by atoms with Crippen LogP contribution in [-0.4, -0.2) is 16.8 Å². The first kappa shape index (κ1) is 27.4. The molecule has 0 atom stereocenters. The minimum absolute atomic E-state index is 0. The van der Waals surface area contributed by atoms with Gasteiger partial charge in [0.15, 0.2) is 0 Å². The summed E-state index contributed by atoms with van der Waals surface area (Å²) >= 11 is 0. The zero-order chi connectivity index (χ0) is 24.2. The standard InChI is InChI=1S/C17H11N.C11H6F2N.CO.Ir/c1-3-8-14(9-4-1)16-12-7-13-17(18-16)15-10-5-2-6-11-15;12-8-4-5-9(10(13)7-8)11-3-1-2-6-14-11;1-2;/h1-8,10,12-13H;1-4,6-7H;;/q-2;2*-1;. The molecule has 6 heteroatoms. The number of carbonyl (C=O) groups excluding carboxylic acids is 1. The summed E-state index contributed by atoms with van der Waals surface area (Å²) in [6.45, 7) is 4.50. The molecule has 5 rings (SSSR count). The van der Waals surface area contributed by atoms with E-state index in [0.29, 0.717) is 5.69 Å². The van der Waals surface area contributed by atoms with Crippen molar-refractivity contribution in [3.63, 3.8) is 0 Å². The molecule has 2 heterocycles. The van der Waals surface area contributed by atoms with E-state index in [4.69, 9.17) is 4.79 Å². The molecule has 35 heavy (non-hydrogen) atoms. The third kappa shape index (κ3) is 7.85. The molecule has 2 radical (unpaired) electrons. The fourth-order valence-electron chi connectivity index (χ4n) is 2.99. The van der Waals surface area contributed by atoms with Crippen molar-refractivity contribution in [3.8, 4) is 33.8 Å². The van der Waals surface area contributed by atoms with Crippen LogP contribution in [-0.2, 0) is 24.9 Å². The molecular formula is C29H17F2IrN2O-4. The topological polar surface area (TPSA) is 42.9 Å². The molecule has 0 aliphatic heterocycles. The molecule has 5 aromatic rings. The molecule has 176 valence electrons. The first-order valence-corrected chi connectivity index (χ1v) is 10.1. The Morgan fingerprint density at radius 2 is 1.26 bits per heavy atom. The van der Waals surface area contributed by atoms with Crippen LogP contribution in [0.1, 0.15) is 0 Å². The van der Waals surface area contributed by atoms with Crippen LogP contribution in [0.5, 0.6) is 0 Å². The molecule has 2 aromatic heterocycles. The van der Waals surface area contributed by atoms with Gasteiger partial charge in [-0.1, -0.05) is 42.0 Å². The Bertz CT molecular complexity index is 1250. The fourth-order valence-corrected chi connectivity index (χ4v) is 2.99. The SMILES string of the molecule is Fc1c[c-]c(-c2ccccn2)c(F)c1.[C-]=O.[Ir].[c-]1ccccc1-c1cccc(-c2[c-]cccc2)n1. The Balaban J connectivity index is 0.000000231. The van der Waals surface area contributed by atoms with Crippen LogP contribution in [0.4, 0.5) is 8.78 Å². The minimum Gasteiger partial charge on any atom is -0.573 e. The summed E-state index contributed by atoms with van der Waals surface area (Å²) in [5.74, 6) is -1.29. The number of aromatic nitrogens is 2. The summed E-state index contributed by atoms with van der Waals surface area (Å²) in [6.07, 6.45) is 1.55. The second-order valence-electron chi connectivity index (χ2n) is 6.72. The first-order chi connectivity index (χ1) is 16.7. The van der Waals surface area contributed by atoms with Crippen LogP contribution < -0.4 is 0 Å². The van der Waals surface area contributed by atoms with Gasteiger partial charge in [0, 0.05) is 37.9 Å². The third-order valence-corrected chi connectivity index (χ3v) is 4.50. The Morgan fingerprint density at radius 3 is 1.74 bits per heavy atom. The van der Waals surface area contributed by atoms with Gasteiger partial charge in [0.2, 0.25) is 0 Å². The predicted molar refractivity (Wildman–Crippen MR) is 127 cm³/mol. The van der Waals surface area contributed by atoms with Gasteiger partial charge in [-0.15, -0.1) is 83.9 Å². The summed E-state index contributed by atoms with van der Waals surface area (Å²) in [7, 11) is 0. The van der Waals surface area contributed by atoms with Gasteiger partial charge in [-0.05, 0) is 23.1 Å². The molecular weight excluding hydrogens is 623 g/mol. The maximum Gasteiger partial charge on any atom is 0.0408 e. The maximum atomic E-state index is 13.2. The maximum absolute atomic E-state index is 13.2. The summed E-state index contributed by atoms with van der Waals surface area (Å²) in [5, 5.41) is 0. The third-order valence-electron chi connectivity index (χ3n) is 4.50. The van der Waals surface area contributed by atoms with Gasteiger partial charge in [-0.3, -0.25) is 8.78 Å². The molecule has 0 saturated carbocycles. The number of rotatable bonds is 3. The van der Waals surface area contributed by atoms with E-state index in [-0.39, 0.29) is 25.7 Å². The van der Waals surface area contributed by atoms with E-state index < -0.39 is 11.6 Å². The van der Waals surface area contributed by atoms with E-state index in [1.165, 1.54) is 0 Å². The second kappa shape index (κ2) is 14.4. The zero-order valence-corrected chi connectivity index (χ0v) is 20.6. The first-order valence-electron chi connectivity index (χ1n) is 10.1. The molecule has 0 aliphatic rings. The van der Waals surface area contributed by atoms with Crippen molar-refractivity contribution in [2.45, 2.75) is 0 Å². The zero-order valence-electron chi connectivity index (χ0n) is 18.2. The van der Waals surface area contributed by atoms with E-state index in [2.05, 4.69) is 35.0 Å². The van der Waals surface area contributed by atoms with Crippen molar-refractivity contribution in [1.29, 1.82) is 0 Å². The van der Waals surface area contributed by atoms with Gasteiger partial charge in [-0.25, -0.2) is 0 Å². The van der Waals surface area contributed by atoms with Gasteiger partial charge in [0.1, 0.15) is 0 Å². The van der Waals surface area contributed by atoms with Crippen molar-refractivity contribution in [3.05, 3.63) is 133 Å². The van der Waals surface area contributed by atoms with Crippen LogP contribution in [0, 0.1) is 29.8 Å². The Morgan fingerprint density at radius 1 is 0.686 bits per heavy atom.